The number of amides is 2. The van der Waals surface area contributed by atoms with E-state index in [9.17, 15) is 22.8 Å². The monoisotopic (exact) mass is 550 g/mol. The van der Waals surface area contributed by atoms with Crippen LogP contribution in [0.3, 0.4) is 0 Å². The highest BCUT2D eigenvalue weighted by atomic mass is 79.9. The minimum Gasteiger partial charge on any atom is -0.299 e. The fourth-order valence-corrected chi connectivity index (χ4v) is 4.85. The number of hydrogen-bond acceptors (Lipinski definition) is 2. The van der Waals surface area contributed by atoms with Gasteiger partial charge in [0.2, 0.25) is 0 Å². The molecule has 3 rings (SSSR count). The topological polar surface area (TPSA) is 40.6 Å². The lowest BCUT2D eigenvalue weighted by Gasteiger charge is -2.38. The second kappa shape index (κ2) is 8.88. The SMILES string of the molecule is CC(C)[C@@H]1N(c2cc(Cl)cc(Cl)c2)C(=O)[C@@](C)(Cc2ccc(Br)cc2)N1C(=O)C(F)(F)F. The summed E-state index contributed by atoms with van der Waals surface area (Å²) in [4.78, 5) is 28.3. The molecule has 2 aromatic carbocycles. The second-order valence-corrected chi connectivity index (χ2v) is 10.00. The minimum atomic E-state index is -5.16. The Morgan fingerprint density at radius 2 is 1.66 bits per heavy atom. The van der Waals surface area contributed by atoms with Crippen LogP contribution in [0.25, 0.3) is 0 Å². The highest BCUT2D eigenvalue weighted by Gasteiger charge is 2.62. The van der Waals surface area contributed by atoms with Crippen molar-refractivity contribution in [3.05, 3.63) is 62.5 Å². The Morgan fingerprint density at radius 1 is 1.12 bits per heavy atom. The van der Waals surface area contributed by atoms with Crippen LogP contribution in [0, 0.1) is 5.92 Å². The van der Waals surface area contributed by atoms with Crippen molar-refractivity contribution in [1.29, 1.82) is 0 Å². The second-order valence-electron chi connectivity index (χ2n) is 8.21. The zero-order valence-electron chi connectivity index (χ0n) is 17.4. The highest BCUT2D eigenvalue weighted by Crippen LogP contribution is 2.43. The molecule has 0 aliphatic carbocycles. The molecule has 2 atom stereocenters. The number of anilines is 1. The van der Waals surface area contributed by atoms with Crippen LogP contribution in [0.5, 0.6) is 0 Å². The van der Waals surface area contributed by atoms with Crippen LogP contribution in [0.1, 0.15) is 26.3 Å². The van der Waals surface area contributed by atoms with Gasteiger partial charge < -0.3 is 0 Å². The molecule has 0 radical (unpaired) electrons. The molecule has 2 amide bonds. The molecule has 1 saturated heterocycles. The number of hydrogen-bond donors (Lipinski definition) is 0. The van der Waals surface area contributed by atoms with E-state index in [1.807, 2.05) is 0 Å². The Morgan fingerprint density at radius 3 is 2.12 bits per heavy atom. The van der Waals surface area contributed by atoms with Gasteiger partial charge >= 0.3 is 12.1 Å². The first-order valence-corrected chi connectivity index (χ1v) is 11.3. The Balaban J connectivity index is 2.21. The minimum absolute atomic E-state index is 0.102. The van der Waals surface area contributed by atoms with Crippen LogP contribution in [-0.2, 0) is 16.0 Å². The molecule has 0 spiro atoms. The van der Waals surface area contributed by atoms with Crippen LogP contribution in [0.15, 0.2) is 46.9 Å². The third kappa shape index (κ3) is 4.63. The van der Waals surface area contributed by atoms with E-state index in [-0.39, 0.29) is 22.2 Å². The number of rotatable bonds is 4. The van der Waals surface area contributed by atoms with E-state index in [0.717, 1.165) is 4.47 Å². The summed E-state index contributed by atoms with van der Waals surface area (Å²) in [7, 11) is 0. The molecule has 1 heterocycles. The average molecular weight is 552 g/mol. The third-order valence-corrected chi connectivity index (χ3v) is 6.35. The molecule has 4 nitrogen and oxygen atoms in total. The predicted molar refractivity (Wildman–Crippen MR) is 122 cm³/mol. The third-order valence-electron chi connectivity index (χ3n) is 5.38. The quantitative estimate of drug-likeness (QED) is 0.436. The van der Waals surface area contributed by atoms with Crippen molar-refractivity contribution < 1.29 is 22.8 Å². The number of halogens is 6. The first kappa shape index (κ1) is 24.9. The van der Waals surface area contributed by atoms with E-state index >= 15 is 0 Å². The fraction of sp³-hybridized carbons (Fsp3) is 0.364. The van der Waals surface area contributed by atoms with Crippen LogP contribution >= 0.6 is 39.1 Å². The standard InChI is InChI=1S/C22H20BrCl2F3N2O2/c1-12(2)18-29(17-9-15(24)8-16(25)10-17)19(31)21(3,30(18)20(32)22(26,27)28)11-13-4-6-14(23)7-5-13/h4-10,12,18H,11H2,1-3H3/t18-,21-/m1/s1. The summed E-state index contributed by atoms with van der Waals surface area (Å²) >= 11 is 15.5. The van der Waals surface area contributed by atoms with E-state index in [1.165, 1.54) is 30.0 Å². The maximum Gasteiger partial charge on any atom is 0.471 e. The van der Waals surface area contributed by atoms with E-state index in [2.05, 4.69) is 15.9 Å². The first-order valence-electron chi connectivity index (χ1n) is 9.70. The molecule has 32 heavy (non-hydrogen) atoms. The summed E-state index contributed by atoms with van der Waals surface area (Å²) in [5.74, 6) is -3.23. The summed E-state index contributed by atoms with van der Waals surface area (Å²) in [6, 6.07) is 11.2. The average Bonchev–Trinajstić information content (AvgIpc) is 2.89. The zero-order chi connectivity index (χ0) is 24.0. The van der Waals surface area contributed by atoms with E-state index in [1.54, 1.807) is 38.1 Å². The van der Waals surface area contributed by atoms with Gasteiger partial charge in [0.25, 0.3) is 5.91 Å². The molecule has 2 aromatic rings. The van der Waals surface area contributed by atoms with Gasteiger partial charge in [-0.3, -0.25) is 19.4 Å². The van der Waals surface area contributed by atoms with Crippen molar-refractivity contribution in [3.63, 3.8) is 0 Å². The van der Waals surface area contributed by atoms with Crippen molar-refractivity contribution in [1.82, 2.24) is 4.90 Å². The number of carbonyl (C=O) groups is 2. The summed E-state index contributed by atoms with van der Waals surface area (Å²) in [5.41, 5.74) is -0.951. The molecule has 0 aromatic heterocycles. The Kier molecular flexibility index (Phi) is 6.90. The Bertz CT molecular complexity index is 1030. The van der Waals surface area contributed by atoms with Crippen molar-refractivity contribution in [2.75, 3.05) is 4.90 Å². The van der Waals surface area contributed by atoms with Crippen molar-refractivity contribution in [3.8, 4) is 0 Å². The van der Waals surface area contributed by atoms with Crippen LogP contribution < -0.4 is 4.90 Å². The summed E-state index contributed by atoms with van der Waals surface area (Å²) in [6.45, 7) is 4.67. The zero-order valence-corrected chi connectivity index (χ0v) is 20.5. The lowest BCUT2D eigenvalue weighted by molar-refractivity contribution is -0.192. The normalized spacial score (nSPS) is 21.6. The van der Waals surface area contributed by atoms with Gasteiger partial charge in [-0.25, -0.2) is 0 Å². The molecule has 0 saturated carbocycles. The summed E-state index contributed by atoms with van der Waals surface area (Å²) < 4.78 is 41.8. The van der Waals surface area contributed by atoms with Crippen LogP contribution in [0.4, 0.5) is 18.9 Å². The van der Waals surface area contributed by atoms with Gasteiger partial charge in [-0.15, -0.1) is 0 Å². The molecule has 0 N–H and O–H groups in total. The summed E-state index contributed by atoms with van der Waals surface area (Å²) in [6.07, 6.45) is -6.45. The molecule has 1 aliphatic heterocycles. The van der Waals surface area contributed by atoms with Crippen molar-refractivity contribution in [2.45, 2.75) is 45.1 Å². The molecular formula is C22H20BrCl2F3N2O2. The van der Waals surface area contributed by atoms with Gasteiger partial charge in [0.1, 0.15) is 11.7 Å². The van der Waals surface area contributed by atoms with Gasteiger partial charge in [0.15, 0.2) is 0 Å². The smallest absolute Gasteiger partial charge is 0.299 e. The van der Waals surface area contributed by atoms with Crippen LogP contribution in [-0.4, -0.2) is 34.6 Å². The fourth-order valence-electron chi connectivity index (χ4n) is 4.08. The lowest BCUT2D eigenvalue weighted by atomic mass is 9.90. The van der Waals surface area contributed by atoms with E-state index < -0.39 is 35.6 Å². The van der Waals surface area contributed by atoms with Gasteiger partial charge in [-0.2, -0.15) is 13.2 Å². The maximum absolute atomic E-state index is 13.7. The van der Waals surface area contributed by atoms with Gasteiger partial charge in [0.05, 0.1) is 0 Å². The predicted octanol–water partition coefficient (Wildman–Crippen LogP) is 6.48. The van der Waals surface area contributed by atoms with Gasteiger partial charge in [-0.05, 0) is 48.7 Å². The molecule has 0 unspecified atom stereocenters. The molecule has 0 bridgehead atoms. The van der Waals surface area contributed by atoms with Gasteiger partial charge in [0, 0.05) is 26.6 Å². The lowest BCUT2D eigenvalue weighted by Crippen LogP contribution is -2.58. The number of alkyl halides is 3. The van der Waals surface area contributed by atoms with Crippen molar-refractivity contribution >= 4 is 56.6 Å². The summed E-state index contributed by atoms with van der Waals surface area (Å²) in [5, 5.41) is 0.441. The highest BCUT2D eigenvalue weighted by molar-refractivity contribution is 9.10. The number of nitrogens with zero attached hydrogens (tertiary/aromatic N) is 2. The molecule has 172 valence electrons. The number of carbonyl (C=O) groups excluding carboxylic acids is 2. The van der Waals surface area contributed by atoms with Crippen LogP contribution in [0.2, 0.25) is 10.0 Å². The maximum atomic E-state index is 13.7. The first-order chi connectivity index (χ1) is 14.8. The largest absolute Gasteiger partial charge is 0.471 e. The molecule has 1 fully saturated rings. The van der Waals surface area contributed by atoms with Gasteiger partial charge in [-0.1, -0.05) is 65.1 Å². The van der Waals surface area contributed by atoms with E-state index in [0.29, 0.717) is 10.5 Å². The van der Waals surface area contributed by atoms with E-state index in [4.69, 9.17) is 23.2 Å². The number of benzene rings is 2. The Labute approximate surface area is 202 Å². The van der Waals surface area contributed by atoms with Crippen molar-refractivity contribution in [2.24, 2.45) is 5.92 Å². The molecule has 1 aliphatic rings. The molecular weight excluding hydrogens is 532 g/mol. The Hall–Kier alpha value is -1.77. The molecule has 10 heteroatoms.